The van der Waals surface area contributed by atoms with Gasteiger partial charge in [-0.1, -0.05) is 17.8 Å². The van der Waals surface area contributed by atoms with Gasteiger partial charge >= 0.3 is 0 Å². The number of thiazole rings is 1. The van der Waals surface area contributed by atoms with E-state index in [1.165, 1.54) is 10.3 Å². The van der Waals surface area contributed by atoms with Crippen LogP contribution in [0.15, 0.2) is 45.9 Å². The van der Waals surface area contributed by atoms with Crippen molar-refractivity contribution < 1.29 is 0 Å². The number of nitrogens with two attached hydrogens (primary N) is 1. The fourth-order valence-electron chi connectivity index (χ4n) is 2.65. The maximum absolute atomic E-state index is 5.88. The molecule has 0 saturated carbocycles. The predicted octanol–water partition coefficient (Wildman–Crippen LogP) is 2.99. The molecule has 0 atom stereocenters. The molecule has 3 aromatic heterocycles. The zero-order valence-corrected chi connectivity index (χ0v) is 15.4. The third-order valence-corrected chi connectivity index (χ3v) is 5.93. The third kappa shape index (κ3) is 2.98. The molecule has 0 amide bonds. The second kappa shape index (κ2) is 6.45. The number of imidazole rings is 1. The van der Waals surface area contributed by atoms with Crippen LogP contribution < -0.4 is 5.73 Å². The van der Waals surface area contributed by atoms with Crippen molar-refractivity contribution in [2.45, 2.75) is 10.8 Å². The molecule has 0 bridgehead atoms. The molecule has 0 aliphatic carbocycles. The number of thioether (sulfide) groups is 1. The molecule has 0 unspecified atom stereocenters. The maximum Gasteiger partial charge on any atom is 0.153 e. The van der Waals surface area contributed by atoms with Crippen LogP contribution in [0, 0.1) is 0 Å². The molecule has 25 heavy (non-hydrogen) atoms. The summed E-state index contributed by atoms with van der Waals surface area (Å²) in [7, 11) is 1.66. The zero-order valence-electron chi connectivity index (χ0n) is 13.8. The summed E-state index contributed by atoms with van der Waals surface area (Å²) in [5, 5.41) is 4.57. The average Bonchev–Trinajstić information content (AvgIpc) is 3.24. The normalized spacial score (nSPS) is 12.3. The van der Waals surface area contributed by atoms with Gasteiger partial charge in [-0.2, -0.15) is 5.10 Å². The zero-order chi connectivity index (χ0) is 17.4. The van der Waals surface area contributed by atoms with Crippen LogP contribution in [0.5, 0.6) is 0 Å². The fraction of sp³-hybridized carbons (Fsp3) is 0.176. The van der Waals surface area contributed by atoms with Gasteiger partial charge in [-0.3, -0.25) is 4.99 Å². The van der Waals surface area contributed by atoms with E-state index in [9.17, 15) is 0 Å². The van der Waals surface area contributed by atoms with E-state index >= 15 is 0 Å². The van der Waals surface area contributed by atoms with Crippen molar-refractivity contribution in [3.8, 4) is 0 Å². The van der Waals surface area contributed by atoms with E-state index in [0.717, 1.165) is 27.6 Å². The first-order valence-corrected chi connectivity index (χ1v) is 9.72. The standard InChI is InChI=1S/C17H16N6S2/c1-19-16(18)13-5-6-15-20-9-11(23(15)22-13)7-10-3-4-12-14(8-10)25-17(21-12)24-2/h3-6,8-9H,7H2,1-2H3,(H2,18,19). The van der Waals surface area contributed by atoms with Crippen LogP contribution in [-0.4, -0.2) is 38.7 Å². The lowest BCUT2D eigenvalue weighted by atomic mass is 10.1. The van der Waals surface area contributed by atoms with Crippen LogP contribution in [0.1, 0.15) is 17.0 Å². The van der Waals surface area contributed by atoms with E-state index in [2.05, 4.69) is 38.3 Å². The Morgan fingerprint density at radius 3 is 3.00 bits per heavy atom. The van der Waals surface area contributed by atoms with Gasteiger partial charge < -0.3 is 5.73 Å². The summed E-state index contributed by atoms with van der Waals surface area (Å²) < 4.78 is 4.12. The molecule has 0 saturated heterocycles. The molecule has 4 aromatic rings. The van der Waals surface area contributed by atoms with Crippen LogP contribution in [0.2, 0.25) is 0 Å². The summed E-state index contributed by atoms with van der Waals surface area (Å²) in [4.78, 5) is 13.0. The Hall–Kier alpha value is -2.45. The smallest absolute Gasteiger partial charge is 0.153 e. The first kappa shape index (κ1) is 16.0. The molecular weight excluding hydrogens is 352 g/mol. The number of fused-ring (bicyclic) bond motifs is 2. The van der Waals surface area contributed by atoms with Crippen LogP contribution in [-0.2, 0) is 6.42 Å². The molecule has 0 aliphatic rings. The van der Waals surface area contributed by atoms with E-state index in [1.54, 1.807) is 30.1 Å². The summed E-state index contributed by atoms with van der Waals surface area (Å²) in [6.45, 7) is 0. The maximum atomic E-state index is 5.88. The van der Waals surface area contributed by atoms with E-state index in [-0.39, 0.29) is 0 Å². The number of aromatic nitrogens is 4. The van der Waals surface area contributed by atoms with Gasteiger partial charge in [-0.15, -0.1) is 11.3 Å². The van der Waals surface area contributed by atoms with Gasteiger partial charge in [0.05, 0.1) is 22.1 Å². The average molecular weight is 368 g/mol. The molecule has 126 valence electrons. The molecule has 0 spiro atoms. The van der Waals surface area contributed by atoms with Crippen molar-refractivity contribution in [2.75, 3.05) is 13.3 Å². The Balaban J connectivity index is 1.72. The molecule has 1 aromatic carbocycles. The van der Waals surface area contributed by atoms with Crippen molar-refractivity contribution in [1.29, 1.82) is 0 Å². The van der Waals surface area contributed by atoms with Crippen LogP contribution in [0.25, 0.3) is 15.9 Å². The van der Waals surface area contributed by atoms with Crippen molar-refractivity contribution >= 4 is 44.8 Å². The lowest BCUT2D eigenvalue weighted by molar-refractivity contribution is 0.863. The minimum Gasteiger partial charge on any atom is -0.382 e. The first-order chi connectivity index (χ1) is 12.2. The second-order valence-corrected chi connectivity index (χ2v) is 7.59. The number of amidine groups is 1. The number of nitrogens with zero attached hydrogens (tertiary/aromatic N) is 5. The quantitative estimate of drug-likeness (QED) is 0.340. The molecule has 0 fully saturated rings. The van der Waals surface area contributed by atoms with Gasteiger partial charge in [0.1, 0.15) is 11.5 Å². The Kier molecular flexibility index (Phi) is 4.14. The highest BCUT2D eigenvalue weighted by Crippen LogP contribution is 2.29. The molecule has 0 radical (unpaired) electrons. The van der Waals surface area contributed by atoms with Gasteiger partial charge in [-0.25, -0.2) is 14.5 Å². The van der Waals surface area contributed by atoms with Crippen molar-refractivity contribution in [3.05, 3.63) is 53.5 Å². The summed E-state index contributed by atoms with van der Waals surface area (Å²) in [6.07, 6.45) is 4.64. The van der Waals surface area contributed by atoms with E-state index in [0.29, 0.717) is 11.5 Å². The summed E-state index contributed by atoms with van der Waals surface area (Å²) in [5.41, 5.74) is 10.6. The highest BCUT2D eigenvalue weighted by atomic mass is 32.2. The number of hydrogen-bond acceptors (Lipinski definition) is 6. The Labute approximate surface area is 152 Å². The van der Waals surface area contributed by atoms with Crippen LogP contribution in [0.3, 0.4) is 0 Å². The number of hydrogen-bond donors (Lipinski definition) is 1. The molecule has 6 nitrogen and oxygen atoms in total. The minimum atomic E-state index is 0.414. The Morgan fingerprint density at radius 1 is 1.32 bits per heavy atom. The second-order valence-electron chi connectivity index (χ2n) is 5.51. The summed E-state index contributed by atoms with van der Waals surface area (Å²) in [5.74, 6) is 0.414. The largest absolute Gasteiger partial charge is 0.382 e. The highest BCUT2D eigenvalue weighted by Gasteiger charge is 2.10. The van der Waals surface area contributed by atoms with Crippen LogP contribution in [0.4, 0.5) is 0 Å². The molecule has 4 rings (SSSR count). The molecule has 8 heteroatoms. The minimum absolute atomic E-state index is 0.414. The van der Waals surface area contributed by atoms with E-state index in [4.69, 9.17) is 5.73 Å². The lowest BCUT2D eigenvalue weighted by Gasteiger charge is -2.04. The van der Waals surface area contributed by atoms with Crippen molar-refractivity contribution in [3.63, 3.8) is 0 Å². The number of aliphatic imine (C=N–C) groups is 1. The summed E-state index contributed by atoms with van der Waals surface area (Å²) >= 11 is 3.39. The van der Waals surface area contributed by atoms with Crippen molar-refractivity contribution in [1.82, 2.24) is 19.6 Å². The Morgan fingerprint density at radius 2 is 2.20 bits per heavy atom. The van der Waals surface area contributed by atoms with E-state index in [1.807, 2.05) is 29.1 Å². The molecular formula is C17H16N6S2. The van der Waals surface area contributed by atoms with Gasteiger partial charge in [-0.05, 0) is 36.1 Å². The van der Waals surface area contributed by atoms with Crippen molar-refractivity contribution in [2.24, 2.45) is 10.7 Å². The summed E-state index contributed by atoms with van der Waals surface area (Å²) in [6, 6.07) is 10.1. The monoisotopic (exact) mass is 368 g/mol. The highest BCUT2D eigenvalue weighted by molar-refractivity contribution is 8.00. The van der Waals surface area contributed by atoms with Crippen LogP contribution >= 0.6 is 23.1 Å². The SMILES string of the molecule is CN=C(N)c1ccc2ncc(Cc3ccc4nc(SC)sc4c3)n2n1. The predicted molar refractivity (Wildman–Crippen MR) is 104 cm³/mol. The van der Waals surface area contributed by atoms with Gasteiger partial charge in [0.25, 0.3) is 0 Å². The fourth-order valence-corrected chi connectivity index (χ4v) is 4.20. The lowest BCUT2D eigenvalue weighted by Crippen LogP contribution is -2.16. The number of benzene rings is 1. The molecule has 3 heterocycles. The topological polar surface area (TPSA) is 81.5 Å². The van der Waals surface area contributed by atoms with E-state index < -0.39 is 0 Å². The molecule has 0 aliphatic heterocycles. The van der Waals surface area contributed by atoms with Gasteiger partial charge in [0, 0.05) is 13.5 Å². The number of rotatable bonds is 4. The molecule has 2 N–H and O–H groups in total. The van der Waals surface area contributed by atoms with Gasteiger partial charge in [0.2, 0.25) is 0 Å². The Bertz CT molecular complexity index is 1100. The van der Waals surface area contributed by atoms with Gasteiger partial charge in [0.15, 0.2) is 9.99 Å². The first-order valence-electron chi connectivity index (χ1n) is 7.67. The third-order valence-electron chi connectivity index (χ3n) is 3.93.